The molecule has 0 aliphatic rings. The molecule has 0 unspecified atom stereocenters. The molecule has 62 heavy (non-hydrogen) atoms. The lowest BCUT2D eigenvalue weighted by molar-refractivity contribution is 1.18. The lowest BCUT2D eigenvalue weighted by atomic mass is 9.99. The Balaban J connectivity index is 0.909. The van der Waals surface area contributed by atoms with Gasteiger partial charge in [-0.3, -0.25) is 0 Å². The number of nitrogens with zero attached hydrogens (tertiary/aromatic N) is 4. The van der Waals surface area contributed by atoms with E-state index in [0.29, 0.717) is 5.82 Å². The van der Waals surface area contributed by atoms with Crippen molar-refractivity contribution in [2.45, 2.75) is 0 Å². The van der Waals surface area contributed by atoms with E-state index in [1.54, 1.807) is 0 Å². The zero-order valence-electron chi connectivity index (χ0n) is 33.7. The minimum absolute atomic E-state index is 0.715. The van der Waals surface area contributed by atoms with Gasteiger partial charge in [0.25, 0.3) is 0 Å². The van der Waals surface area contributed by atoms with Crippen molar-refractivity contribution in [2.24, 2.45) is 0 Å². The van der Waals surface area contributed by atoms with Crippen molar-refractivity contribution >= 4 is 43.6 Å². The summed E-state index contributed by atoms with van der Waals surface area (Å²) in [6.07, 6.45) is 0. The lowest BCUT2D eigenvalue weighted by Gasteiger charge is -2.11. The maximum absolute atomic E-state index is 5.05. The van der Waals surface area contributed by atoms with Gasteiger partial charge in [0.05, 0.1) is 33.5 Å². The molecule has 0 N–H and O–H groups in total. The Morgan fingerprint density at radius 2 is 0.758 bits per heavy atom. The Morgan fingerprint density at radius 1 is 0.274 bits per heavy atom. The van der Waals surface area contributed by atoms with Gasteiger partial charge in [-0.05, 0) is 82.9 Å². The van der Waals surface area contributed by atoms with Gasteiger partial charge in [0.2, 0.25) is 0 Å². The molecular weight excluding hydrogens is 753 g/mol. The third kappa shape index (κ3) is 6.00. The van der Waals surface area contributed by atoms with Crippen molar-refractivity contribution in [1.29, 1.82) is 0 Å². The van der Waals surface area contributed by atoms with Crippen molar-refractivity contribution in [1.82, 2.24) is 19.1 Å². The summed E-state index contributed by atoms with van der Waals surface area (Å²) in [5.41, 5.74) is 16.7. The van der Waals surface area contributed by atoms with Crippen LogP contribution in [-0.4, -0.2) is 19.1 Å². The molecule has 0 spiro atoms. The second kappa shape index (κ2) is 14.7. The molecule has 0 amide bonds. The highest BCUT2D eigenvalue weighted by atomic mass is 15.0. The Hall–Kier alpha value is -8.34. The van der Waals surface area contributed by atoms with E-state index in [0.717, 1.165) is 45.0 Å². The summed E-state index contributed by atoms with van der Waals surface area (Å²) in [6, 6.07) is 82.1. The summed E-state index contributed by atoms with van der Waals surface area (Å²) in [7, 11) is 0. The molecule has 290 valence electrons. The third-order valence-electron chi connectivity index (χ3n) is 12.2. The molecule has 12 aromatic rings. The first-order valence-electron chi connectivity index (χ1n) is 21.1. The van der Waals surface area contributed by atoms with Crippen molar-refractivity contribution in [3.05, 3.63) is 231 Å². The summed E-state index contributed by atoms with van der Waals surface area (Å²) in [4.78, 5) is 10.0. The van der Waals surface area contributed by atoms with Crippen LogP contribution in [0, 0.1) is 0 Å². The number of hydrogen-bond acceptors (Lipinski definition) is 2. The number of rotatable bonds is 7. The SMILES string of the molecule is c1ccc(-c2cc(-c3ccc(-c4ccc5c(c4)c4ccccc4n5-c4ccc(-c5cccc6c5c5ccccc5n6-c5ccccc5)cc4)cc3)nc(-c3ccccc3)n2)cc1. The Labute approximate surface area is 359 Å². The molecule has 0 aliphatic carbocycles. The van der Waals surface area contributed by atoms with Gasteiger partial charge in [-0.2, -0.15) is 0 Å². The predicted molar refractivity (Wildman–Crippen MR) is 258 cm³/mol. The smallest absolute Gasteiger partial charge is 0.160 e. The number of para-hydroxylation sites is 3. The maximum atomic E-state index is 5.05. The van der Waals surface area contributed by atoms with Gasteiger partial charge in [0, 0.05) is 49.6 Å². The van der Waals surface area contributed by atoms with Gasteiger partial charge in [0.1, 0.15) is 0 Å². The Kier molecular flexibility index (Phi) is 8.46. The summed E-state index contributed by atoms with van der Waals surface area (Å²) in [5.74, 6) is 0.715. The minimum atomic E-state index is 0.715. The zero-order valence-corrected chi connectivity index (χ0v) is 33.7. The lowest BCUT2D eigenvalue weighted by Crippen LogP contribution is -1.95. The fourth-order valence-corrected chi connectivity index (χ4v) is 9.24. The van der Waals surface area contributed by atoms with Crippen LogP contribution in [0.3, 0.4) is 0 Å². The third-order valence-corrected chi connectivity index (χ3v) is 12.2. The molecule has 12 rings (SSSR count). The van der Waals surface area contributed by atoms with E-state index in [1.807, 2.05) is 36.4 Å². The van der Waals surface area contributed by atoms with Crippen LogP contribution in [0.1, 0.15) is 0 Å². The monoisotopic (exact) mass is 790 g/mol. The molecule has 0 saturated carbocycles. The maximum Gasteiger partial charge on any atom is 0.160 e. The van der Waals surface area contributed by atoms with E-state index in [2.05, 4.69) is 203 Å². The van der Waals surface area contributed by atoms with Gasteiger partial charge in [0.15, 0.2) is 5.82 Å². The highest BCUT2D eigenvalue weighted by Gasteiger charge is 2.18. The van der Waals surface area contributed by atoms with Gasteiger partial charge < -0.3 is 9.13 Å². The highest BCUT2D eigenvalue weighted by Crippen LogP contribution is 2.40. The van der Waals surface area contributed by atoms with Crippen LogP contribution in [0.15, 0.2) is 231 Å². The van der Waals surface area contributed by atoms with Crippen LogP contribution in [0.5, 0.6) is 0 Å². The van der Waals surface area contributed by atoms with Crippen molar-refractivity contribution in [3.63, 3.8) is 0 Å². The van der Waals surface area contributed by atoms with Gasteiger partial charge >= 0.3 is 0 Å². The number of fused-ring (bicyclic) bond motifs is 6. The number of aromatic nitrogens is 4. The van der Waals surface area contributed by atoms with E-state index in [1.165, 1.54) is 60.3 Å². The van der Waals surface area contributed by atoms with Gasteiger partial charge in [-0.15, -0.1) is 0 Å². The summed E-state index contributed by atoms with van der Waals surface area (Å²) >= 11 is 0. The normalized spacial score (nSPS) is 11.5. The zero-order chi connectivity index (χ0) is 41.0. The van der Waals surface area contributed by atoms with Crippen molar-refractivity contribution in [3.8, 4) is 67.5 Å². The van der Waals surface area contributed by atoms with Gasteiger partial charge in [-0.1, -0.05) is 170 Å². The predicted octanol–water partition coefficient (Wildman–Crippen LogP) is 15.0. The standard InChI is InChI=1S/C58H38N4/c1-4-15-41(16-5-1)51-38-52(60-58(59-51)43-17-6-2-7-18-43)42-29-27-39(28-30-42)44-33-36-55-50(37-44)48-21-10-12-24-53(48)61(55)46-34-31-40(32-35-46)47-23-14-26-56-57(47)49-22-11-13-25-54(49)62(56)45-19-8-3-9-20-45/h1-38H. The molecular formula is C58H38N4. The molecule has 0 saturated heterocycles. The first kappa shape index (κ1) is 35.6. The average Bonchev–Trinajstić information content (AvgIpc) is 3.88. The highest BCUT2D eigenvalue weighted by molar-refractivity contribution is 6.16. The van der Waals surface area contributed by atoms with Crippen LogP contribution in [0.4, 0.5) is 0 Å². The molecule has 4 heteroatoms. The average molecular weight is 791 g/mol. The summed E-state index contributed by atoms with van der Waals surface area (Å²) in [5, 5.41) is 4.97. The molecule has 3 aromatic heterocycles. The van der Waals surface area contributed by atoms with Crippen LogP contribution in [0.25, 0.3) is 111 Å². The number of benzene rings is 9. The number of hydrogen-bond donors (Lipinski definition) is 0. The van der Waals surface area contributed by atoms with E-state index in [9.17, 15) is 0 Å². The van der Waals surface area contributed by atoms with E-state index in [-0.39, 0.29) is 0 Å². The van der Waals surface area contributed by atoms with Crippen LogP contribution in [0.2, 0.25) is 0 Å². The Morgan fingerprint density at radius 3 is 1.47 bits per heavy atom. The minimum Gasteiger partial charge on any atom is -0.309 e. The molecule has 4 nitrogen and oxygen atoms in total. The topological polar surface area (TPSA) is 35.6 Å². The second-order valence-corrected chi connectivity index (χ2v) is 15.8. The Bertz CT molecular complexity index is 3530. The first-order valence-corrected chi connectivity index (χ1v) is 21.1. The first-order chi connectivity index (χ1) is 30.7. The van der Waals surface area contributed by atoms with Crippen LogP contribution >= 0.6 is 0 Å². The molecule has 0 atom stereocenters. The van der Waals surface area contributed by atoms with E-state index >= 15 is 0 Å². The summed E-state index contributed by atoms with van der Waals surface area (Å²) < 4.78 is 4.78. The fourth-order valence-electron chi connectivity index (χ4n) is 9.24. The van der Waals surface area contributed by atoms with Gasteiger partial charge in [-0.25, -0.2) is 9.97 Å². The molecule has 0 radical (unpaired) electrons. The molecule has 3 heterocycles. The van der Waals surface area contributed by atoms with E-state index in [4.69, 9.17) is 9.97 Å². The quantitative estimate of drug-likeness (QED) is 0.161. The molecule has 0 aliphatic heterocycles. The fraction of sp³-hybridized carbons (Fsp3) is 0. The van der Waals surface area contributed by atoms with Crippen LogP contribution in [-0.2, 0) is 0 Å². The van der Waals surface area contributed by atoms with E-state index < -0.39 is 0 Å². The second-order valence-electron chi connectivity index (χ2n) is 15.8. The van der Waals surface area contributed by atoms with Crippen LogP contribution < -0.4 is 0 Å². The van der Waals surface area contributed by atoms with Crippen molar-refractivity contribution < 1.29 is 0 Å². The molecule has 0 bridgehead atoms. The molecule has 0 fully saturated rings. The largest absolute Gasteiger partial charge is 0.309 e. The molecule has 9 aromatic carbocycles. The van der Waals surface area contributed by atoms with Crippen molar-refractivity contribution in [2.75, 3.05) is 0 Å². The summed E-state index contributed by atoms with van der Waals surface area (Å²) in [6.45, 7) is 0.